The molecule has 18 heteroatoms. The summed E-state index contributed by atoms with van der Waals surface area (Å²) in [4.78, 5) is 83.8. The lowest BCUT2D eigenvalue weighted by atomic mass is 9.80. The summed E-state index contributed by atoms with van der Waals surface area (Å²) in [6, 6.07) is 8.94. The standard InChI is InChI=1S/2C25H31FN2O6/c1-13(2)21(19-9-8-18(26)12-14(19)3)16(5)33-25(31)15(4)28-24(30)22-23(34-17(6)29)20(32-7)10-11-27-22;1-13(2)21(19-9-8-18(26)12-14(19)3)15(4)28(16(5)25(31)32)24(30)22-23(34-17(6)29)20(33-7)10-11-27-22/h8-13,15-16,21H,1-7H3,(H,28,30);8-13,15-16,21H,1-7H3,(H,31,32)/t15-,16-,21+;15?,16-,21+/m00/s1. The van der Waals surface area contributed by atoms with Crippen LogP contribution in [0.2, 0.25) is 0 Å². The van der Waals surface area contributed by atoms with E-state index in [4.69, 9.17) is 23.7 Å². The molecule has 2 aromatic carbocycles. The van der Waals surface area contributed by atoms with Gasteiger partial charge in [-0.3, -0.25) is 19.2 Å². The van der Waals surface area contributed by atoms with Crippen molar-refractivity contribution in [2.75, 3.05) is 14.2 Å². The lowest BCUT2D eigenvalue weighted by Crippen LogP contribution is -2.51. The number of nitrogens with one attached hydrogen (secondary N) is 1. The predicted octanol–water partition coefficient (Wildman–Crippen LogP) is 8.16. The Morgan fingerprint density at radius 1 is 0.662 bits per heavy atom. The first kappa shape index (κ1) is 55.3. The topological polar surface area (TPSA) is 210 Å². The average Bonchev–Trinajstić information content (AvgIpc) is 3.25. The molecule has 0 aliphatic rings. The summed E-state index contributed by atoms with van der Waals surface area (Å²) in [5.41, 5.74) is 2.71. The van der Waals surface area contributed by atoms with Crippen molar-refractivity contribution in [2.24, 2.45) is 11.8 Å². The number of aromatic nitrogens is 2. The summed E-state index contributed by atoms with van der Waals surface area (Å²) >= 11 is 0. The molecule has 0 aliphatic heterocycles. The molecule has 2 N–H and O–H groups in total. The average molecular weight is 949 g/mol. The van der Waals surface area contributed by atoms with E-state index in [0.717, 1.165) is 16.7 Å². The van der Waals surface area contributed by atoms with Crippen molar-refractivity contribution in [1.29, 1.82) is 0 Å². The molecule has 0 aliphatic carbocycles. The summed E-state index contributed by atoms with van der Waals surface area (Å²) in [6.07, 6.45) is 2.10. The van der Waals surface area contributed by atoms with Gasteiger partial charge in [-0.25, -0.2) is 28.3 Å². The number of carbonyl (C=O) groups is 6. The van der Waals surface area contributed by atoms with Gasteiger partial charge in [0.15, 0.2) is 22.9 Å². The number of amides is 2. The SMILES string of the molecule is COc1ccnc(C(=O)N(C(C)[C@H](c2ccc(F)cc2C)C(C)C)[C@@H](C)C(=O)O)c1OC(C)=O.COc1ccnc(C(=O)N[C@@H](C)C(=O)O[C@@H](C)[C@H](c2ccc(F)cc2C)C(C)C)c1OC(C)=O. The summed E-state index contributed by atoms with van der Waals surface area (Å²) in [5.74, 6) is -5.88. The highest BCUT2D eigenvalue weighted by atomic mass is 19.1. The van der Waals surface area contributed by atoms with Crippen molar-refractivity contribution >= 4 is 35.7 Å². The van der Waals surface area contributed by atoms with Crippen LogP contribution in [-0.4, -0.2) is 94.1 Å². The molecule has 4 rings (SSSR count). The minimum absolute atomic E-state index is 0.0262. The van der Waals surface area contributed by atoms with Crippen LogP contribution in [0.1, 0.15) is 124 Å². The number of benzene rings is 2. The van der Waals surface area contributed by atoms with Gasteiger partial charge in [0.1, 0.15) is 29.8 Å². The first-order valence-electron chi connectivity index (χ1n) is 21.9. The van der Waals surface area contributed by atoms with Gasteiger partial charge >= 0.3 is 23.9 Å². The van der Waals surface area contributed by atoms with E-state index in [1.54, 1.807) is 32.9 Å². The van der Waals surface area contributed by atoms with Crippen molar-refractivity contribution in [2.45, 2.75) is 119 Å². The number of aryl methyl sites for hydroxylation is 2. The van der Waals surface area contributed by atoms with E-state index >= 15 is 0 Å². The fourth-order valence-electron chi connectivity index (χ4n) is 8.15. The molecule has 0 radical (unpaired) electrons. The normalized spacial score (nSPS) is 13.6. The van der Waals surface area contributed by atoms with Gasteiger partial charge in [0.25, 0.3) is 11.8 Å². The Morgan fingerprint density at radius 2 is 1.10 bits per heavy atom. The molecule has 0 fully saturated rings. The molecule has 4 aromatic rings. The zero-order valence-electron chi connectivity index (χ0n) is 40.9. The highest BCUT2D eigenvalue weighted by molar-refractivity contribution is 5.99. The van der Waals surface area contributed by atoms with Crippen molar-refractivity contribution in [3.05, 3.63) is 106 Å². The third-order valence-corrected chi connectivity index (χ3v) is 11.2. The van der Waals surface area contributed by atoms with E-state index in [1.165, 1.54) is 95.6 Å². The molecule has 368 valence electrons. The molecule has 0 bridgehead atoms. The van der Waals surface area contributed by atoms with Gasteiger partial charge in [0, 0.05) is 56.3 Å². The van der Waals surface area contributed by atoms with Crippen LogP contribution in [0, 0.1) is 37.3 Å². The van der Waals surface area contributed by atoms with Crippen molar-refractivity contribution < 1.29 is 66.3 Å². The van der Waals surface area contributed by atoms with Crippen LogP contribution in [0.15, 0.2) is 60.9 Å². The number of carboxylic acids is 1. The van der Waals surface area contributed by atoms with Crippen LogP contribution in [0.4, 0.5) is 8.78 Å². The first-order chi connectivity index (χ1) is 31.9. The Bertz CT molecular complexity index is 2460. The molecule has 2 heterocycles. The second-order valence-electron chi connectivity index (χ2n) is 16.9. The molecule has 0 saturated carbocycles. The molecule has 68 heavy (non-hydrogen) atoms. The number of methoxy groups -OCH3 is 2. The van der Waals surface area contributed by atoms with Gasteiger partial charge < -0.3 is 39.0 Å². The van der Waals surface area contributed by atoms with Gasteiger partial charge in [-0.15, -0.1) is 0 Å². The number of carbonyl (C=O) groups excluding carboxylic acids is 5. The molecule has 0 saturated heterocycles. The number of ether oxygens (including phenoxy) is 5. The Kier molecular flexibility index (Phi) is 20.1. The van der Waals surface area contributed by atoms with Crippen molar-refractivity contribution in [3.63, 3.8) is 0 Å². The molecule has 0 spiro atoms. The lowest BCUT2D eigenvalue weighted by Gasteiger charge is -2.39. The van der Waals surface area contributed by atoms with E-state index in [1.807, 2.05) is 34.6 Å². The Balaban J connectivity index is 0.000000360. The molecule has 2 amide bonds. The number of aliphatic carboxylic acids is 1. The zero-order chi connectivity index (χ0) is 51.3. The van der Waals surface area contributed by atoms with Crippen LogP contribution in [0.25, 0.3) is 0 Å². The summed E-state index contributed by atoms with van der Waals surface area (Å²) < 4.78 is 53.7. The second-order valence-corrected chi connectivity index (χ2v) is 16.9. The number of hydrogen-bond donors (Lipinski definition) is 2. The maximum Gasteiger partial charge on any atom is 0.328 e. The summed E-state index contributed by atoms with van der Waals surface area (Å²) in [7, 11) is 2.71. The van der Waals surface area contributed by atoms with Crippen LogP contribution >= 0.6 is 0 Å². The maximum absolute atomic E-state index is 13.8. The van der Waals surface area contributed by atoms with Crippen LogP contribution < -0.4 is 24.3 Å². The summed E-state index contributed by atoms with van der Waals surface area (Å²) in [6.45, 7) is 20.2. The van der Waals surface area contributed by atoms with E-state index in [0.29, 0.717) is 5.56 Å². The Labute approximate surface area is 395 Å². The molecular formula is C50H62F2N4O12. The second kappa shape index (κ2) is 24.7. The summed E-state index contributed by atoms with van der Waals surface area (Å²) in [5, 5.41) is 12.3. The van der Waals surface area contributed by atoms with E-state index in [-0.39, 0.29) is 69.7 Å². The molecule has 2 aromatic heterocycles. The van der Waals surface area contributed by atoms with Crippen molar-refractivity contribution in [1.82, 2.24) is 20.2 Å². The fraction of sp³-hybridized carbons (Fsp3) is 0.440. The number of rotatable bonds is 18. The third kappa shape index (κ3) is 14.0. The minimum atomic E-state index is -1.23. The quantitative estimate of drug-likeness (QED) is 0.0902. The number of halogens is 2. The molecular weight excluding hydrogens is 887 g/mol. The highest BCUT2D eigenvalue weighted by Gasteiger charge is 2.39. The van der Waals surface area contributed by atoms with E-state index in [2.05, 4.69) is 15.3 Å². The van der Waals surface area contributed by atoms with Gasteiger partial charge in [0.2, 0.25) is 11.5 Å². The monoisotopic (exact) mass is 948 g/mol. The number of nitrogens with zero attached hydrogens (tertiary/aromatic N) is 3. The van der Waals surface area contributed by atoms with E-state index < -0.39 is 59.9 Å². The Hall–Kier alpha value is -6.98. The van der Waals surface area contributed by atoms with Crippen LogP contribution in [0.5, 0.6) is 23.0 Å². The smallest absolute Gasteiger partial charge is 0.328 e. The number of pyridine rings is 2. The van der Waals surface area contributed by atoms with E-state index in [9.17, 15) is 42.7 Å². The molecule has 1 unspecified atom stereocenters. The van der Waals surface area contributed by atoms with Gasteiger partial charge in [-0.2, -0.15) is 0 Å². The largest absolute Gasteiger partial charge is 0.493 e. The predicted molar refractivity (Wildman–Crippen MR) is 247 cm³/mol. The van der Waals surface area contributed by atoms with Crippen molar-refractivity contribution in [3.8, 4) is 23.0 Å². The Morgan fingerprint density at radius 3 is 1.51 bits per heavy atom. The van der Waals surface area contributed by atoms with Gasteiger partial charge in [-0.05, 0) is 99.9 Å². The lowest BCUT2D eigenvalue weighted by molar-refractivity contribution is -0.151. The third-order valence-electron chi connectivity index (χ3n) is 11.2. The van der Waals surface area contributed by atoms with Gasteiger partial charge in [-0.1, -0.05) is 39.8 Å². The molecule has 16 nitrogen and oxygen atoms in total. The first-order valence-corrected chi connectivity index (χ1v) is 21.9. The number of hydrogen-bond acceptors (Lipinski definition) is 13. The van der Waals surface area contributed by atoms with Crippen LogP contribution in [-0.2, 0) is 23.9 Å². The minimum Gasteiger partial charge on any atom is -0.493 e. The number of esters is 3. The fourth-order valence-corrected chi connectivity index (χ4v) is 8.15. The maximum atomic E-state index is 13.8. The van der Waals surface area contributed by atoms with Gasteiger partial charge in [0.05, 0.1) is 14.2 Å². The highest BCUT2D eigenvalue weighted by Crippen LogP contribution is 2.38. The molecule has 6 atom stereocenters. The van der Waals surface area contributed by atoms with Crippen LogP contribution in [0.3, 0.4) is 0 Å². The number of carboxylic acid groups (broad SMARTS) is 1. The zero-order valence-corrected chi connectivity index (χ0v) is 40.9.